The van der Waals surface area contributed by atoms with E-state index in [-0.39, 0.29) is 11.2 Å². The predicted molar refractivity (Wildman–Crippen MR) is 75.3 cm³/mol. The molecule has 0 aliphatic heterocycles. The number of aliphatic hydroxyl groups excluding tert-OH is 1. The Morgan fingerprint density at radius 2 is 2.20 bits per heavy atom. The molecule has 1 aliphatic rings. The van der Waals surface area contributed by atoms with E-state index < -0.39 is 6.10 Å². The standard InChI is InChI=1S/C16H19FN2O/c1-10-6-11-14(7-16(2,3)8-15(11)20)19(10)13-4-5-18-9-12(13)17/h4-6,9,15,20H,7-8H2,1-3H3. The lowest BCUT2D eigenvalue weighted by atomic mass is 9.75. The summed E-state index contributed by atoms with van der Waals surface area (Å²) in [6, 6.07) is 3.64. The Balaban J connectivity index is 2.22. The van der Waals surface area contributed by atoms with E-state index in [9.17, 15) is 9.50 Å². The Hall–Kier alpha value is -1.68. The summed E-state index contributed by atoms with van der Waals surface area (Å²) in [4.78, 5) is 3.80. The van der Waals surface area contributed by atoms with E-state index in [1.807, 2.05) is 17.6 Å². The van der Waals surface area contributed by atoms with E-state index in [0.717, 1.165) is 29.8 Å². The van der Waals surface area contributed by atoms with E-state index in [2.05, 4.69) is 18.8 Å². The first-order valence-corrected chi connectivity index (χ1v) is 6.88. The second kappa shape index (κ2) is 4.42. The van der Waals surface area contributed by atoms with Crippen LogP contribution >= 0.6 is 0 Å². The molecule has 3 rings (SSSR count). The average Bonchev–Trinajstić information content (AvgIpc) is 2.66. The second-order valence-electron chi connectivity index (χ2n) is 6.41. The molecule has 1 atom stereocenters. The Bertz CT molecular complexity index is 660. The van der Waals surface area contributed by atoms with Crippen LogP contribution in [-0.2, 0) is 6.42 Å². The molecule has 1 aliphatic carbocycles. The number of hydrogen-bond donors (Lipinski definition) is 1. The molecule has 0 spiro atoms. The van der Waals surface area contributed by atoms with E-state index in [0.29, 0.717) is 5.69 Å². The van der Waals surface area contributed by atoms with Gasteiger partial charge < -0.3 is 9.67 Å². The van der Waals surface area contributed by atoms with Gasteiger partial charge in [0.1, 0.15) is 0 Å². The largest absolute Gasteiger partial charge is 0.388 e. The molecule has 0 radical (unpaired) electrons. The lowest BCUT2D eigenvalue weighted by Gasteiger charge is -2.34. The zero-order chi connectivity index (χ0) is 14.5. The fourth-order valence-electron chi connectivity index (χ4n) is 3.23. The molecule has 20 heavy (non-hydrogen) atoms. The van der Waals surface area contributed by atoms with Crippen molar-refractivity contribution in [2.75, 3.05) is 0 Å². The zero-order valence-corrected chi connectivity index (χ0v) is 12.0. The highest BCUT2D eigenvalue weighted by molar-refractivity contribution is 5.43. The Labute approximate surface area is 118 Å². The highest BCUT2D eigenvalue weighted by atomic mass is 19.1. The van der Waals surface area contributed by atoms with Gasteiger partial charge in [0.2, 0.25) is 0 Å². The summed E-state index contributed by atoms with van der Waals surface area (Å²) in [5.74, 6) is -0.341. The summed E-state index contributed by atoms with van der Waals surface area (Å²) < 4.78 is 16.0. The number of halogens is 1. The molecule has 0 aromatic carbocycles. The lowest BCUT2D eigenvalue weighted by molar-refractivity contribution is 0.0986. The maximum Gasteiger partial charge on any atom is 0.165 e. The summed E-state index contributed by atoms with van der Waals surface area (Å²) in [6.45, 7) is 6.21. The van der Waals surface area contributed by atoms with E-state index in [1.54, 1.807) is 12.3 Å². The molecule has 4 heteroatoms. The smallest absolute Gasteiger partial charge is 0.165 e. The number of rotatable bonds is 1. The van der Waals surface area contributed by atoms with Gasteiger partial charge in [0.05, 0.1) is 18.0 Å². The highest BCUT2D eigenvalue weighted by Gasteiger charge is 2.34. The van der Waals surface area contributed by atoms with E-state index >= 15 is 0 Å². The molecule has 1 N–H and O–H groups in total. The average molecular weight is 274 g/mol. The summed E-state index contributed by atoms with van der Waals surface area (Å²) in [6.07, 6.45) is 3.91. The van der Waals surface area contributed by atoms with Crippen molar-refractivity contribution >= 4 is 0 Å². The topological polar surface area (TPSA) is 38.0 Å². The van der Waals surface area contributed by atoms with Gasteiger partial charge in [-0.2, -0.15) is 0 Å². The quantitative estimate of drug-likeness (QED) is 0.866. The molecule has 2 heterocycles. The molecular formula is C16H19FN2O. The van der Waals surface area contributed by atoms with Crippen LogP contribution in [0.25, 0.3) is 5.69 Å². The number of pyridine rings is 1. The van der Waals surface area contributed by atoms with Crippen molar-refractivity contribution in [2.24, 2.45) is 5.41 Å². The van der Waals surface area contributed by atoms with Crippen LogP contribution in [0.1, 0.15) is 43.3 Å². The minimum Gasteiger partial charge on any atom is -0.388 e. The first-order valence-electron chi connectivity index (χ1n) is 6.88. The number of hydrogen-bond acceptors (Lipinski definition) is 2. The molecule has 3 nitrogen and oxygen atoms in total. The molecule has 0 saturated heterocycles. The molecule has 1 unspecified atom stereocenters. The fourth-order valence-corrected chi connectivity index (χ4v) is 3.23. The van der Waals surface area contributed by atoms with Gasteiger partial charge in [0.25, 0.3) is 0 Å². The molecule has 0 saturated carbocycles. The third-order valence-corrected chi connectivity index (χ3v) is 4.06. The number of aromatic nitrogens is 2. The van der Waals surface area contributed by atoms with Gasteiger partial charge in [-0.05, 0) is 37.3 Å². The normalized spacial score (nSPS) is 20.8. The SMILES string of the molecule is Cc1cc2c(n1-c1ccncc1F)CC(C)(C)CC2O. The summed E-state index contributed by atoms with van der Waals surface area (Å²) in [5.41, 5.74) is 3.40. The fraction of sp³-hybridized carbons (Fsp3) is 0.438. The molecular weight excluding hydrogens is 255 g/mol. The summed E-state index contributed by atoms with van der Waals surface area (Å²) in [5, 5.41) is 10.3. The number of nitrogens with zero attached hydrogens (tertiary/aromatic N) is 2. The van der Waals surface area contributed by atoms with Crippen LogP contribution in [0.3, 0.4) is 0 Å². The number of aryl methyl sites for hydroxylation is 1. The van der Waals surface area contributed by atoms with Crippen LogP contribution in [0.4, 0.5) is 4.39 Å². The van der Waals surface area contributed by atoms with Gasteiger partial charge in [0, 0.05) is 23.1 Å². The predicted octanol–water partition coefficient (Wildman–Crippen LogP) is 3.33. The summed E-state index contributed by atoms with van der Waals surface area (Å²) >= 11 is 0. The van der Waals surface area contributed by atoms with Gasteiger partial charge in [-0.15, -0.1) is 0 Å². The van der Waals surface area contributed by atoms with Crippen molar-refractivity contribution < 1.29 is 9.50 Å². The van der Waals surface area contributed by atoms with Crippen LogP contribution in [-0.4, -0.2) is 14.7 Å². The minimum atomic E-state index is -0.474. The Morgan fingerprint density at radius 1 is 1.45 bits per heavy atom. The second-order valence-corrected chi connectivity index (χ2v) is 6.41. The third kappa shape index (κ3) is 2.04. The van der Waals surface area contributed by atoms with Crippen LogP contribution < -0.4 is 0 Å². The van der Waals surface area contributed by atoms with Crippen molar-refractivity contribution in [1.29, 1.82) is 0 Å². The first-order chi connectivity index (χ1) is 9.39. The molecule has 2 aromatic rings. The molecule has 0 fully saturated rings. The zero-order valence-electron chi connectivity index (χ0n) is 12.0. The molecule has 2 aromatic heterocycles. The van der Waals surface area contributed by atoms with Gasteiger partial charge in [-0.3, -0.25) is 4.98 Å². The maximum absolute atomic E-state index is 14.0. The molecule has 0 bridgehead atoms. The Morgan fingerprint density at radius 3 is 2.90 bits per heavy atom. The van der Waals surface area contributed by atoms with E-state index in [4.69, 9.17) is 0 Å². The first kappa shape index (κ1) is 13.3. The summed E-state index contributed by atoms with van der Waals surface area (Å²) in [7, 11) is 0. The molecule has 106 valence electrons. The number of aliphatic hydroxyl groups is 1. The van der Waals surface area contributed by atoms with Crippen molar-refractivity contribution in [2.45, 2.75) is 39.7 Å². The monoisotopic (exact) mass is 274 g/mol. The van der Waals surface area contributed by atoms with Crippen molar-refractivity contribution in [3.8, 4) is 5.69 Å². The third-order valence-electron chi connectivity index (χ3n) is 4.06. The van der Waals surface area contributed by atoms with Crippen molar-refractivity contribution in [1.82, 2.24) is 9.55 Å². The van der Waals surface area contributed by atoms with Crippen LogP contribution in [0.2, 0.25) is 0 Å². The van der Waals surface area contributed by atoms with Crippen LogP contribution in [0.15, 0.2) is 24.5 Å². The van der Waals surface area contributed by atoms with Crippen molar-refractivity contribution in [3.63, 3.8) is 0 Å². The van der Waals surface area contributed by atoms with Crippen molar-refractivity contribution in [3.05, 3.63) is 47.3 Å². The number of fused-ring (bicyclic) bond motifs is 1. The highest BCUT2D eigenvalue weighted by Crippen LogP contribution is 2.42. The Kier molecular flexibility index (Phi) is 2.94. The van der Waals surface area contributed by atoms with Gasteiger partial charge in [-0.1, -0.05) is 13.8 Å². The van der Waals surface area contributed by atoms with Gasteiger partial charge >= 0.3 is 0 Å². The minimum absolute atomic E-state index is 0.0124. The van der Waals surface area contributed by atoms with Crippen LogP contribution in [0, 0.1) is 18.2 Å². The van der Waals surface area contributed by atoms with E-state index in [1.165, 1.54) is 6.20 Å². The van der Waals surface area contributed by atoms with Crippen LogP contribution in [0.5, 0.6) is 0 Å². The maximum atomic E-state index is 14.0. The lowest BCUT2D eigenvalue weighted by Crippen LogP contribution is -2.26. The van der Waals surface area contributed by atoms with Gasteiger partial charge in [0.15, 0.2) is 5.82 Å². The van der Waals surface area contributed by atoms with Gasteiger partial charge in [-0.25, -0.2) is 4.39 Å². The molecule has 0 amide bonds.